The van der Waals surface area contributed by atoms with Gasteiger partial charge in [-0.3, -0.25) is 4.79 Å². The van der Waals surface area contributed by atoms with Gasteiger partial charge in [-0.25, -0.2) is 19.9 Å². The van der Waals surface area contributed by atoms with E-state index >= 15 is 0 Å². The lowest BCUT2D eigenvalue weighted by Crippen LogP contribution is -2.41. The predicted octanol–water partition coefficient (Wildman–Crippen LogP) is -0.715. The number of nitrogens with one attached hydrogen (secondary N) is 2. The molecule has 2 fully saturated rings. The molecule has 2 unspecified atom stereocenters. The summed E-state index contributed by atoms with van der Waals surface area (Å²) in [6, 6.07) is -0.544. The van der Waals surface area contributed by atoms with E-state index in [1.165, 1.54) is 19.6 Å². The van der Waals surface area contributed by atoms with Gasteiger partial charge in [0.2, 0.25) is 11.7 Å². The highest BCUT2D eigenvalue weighted by molar-refractivity contribution is 5.88. The van der Waals surface area contributed by atoms with Gasteiger partial charge >= 0.3 is 0 Å². The lowest BCUT2D eigenvalue weighted by atomic mass is 9.98. The SMILES string of the molecule is CNC(=O)[C@]12CC1[C@@H](n1cnc3c(NC)nc(C#Cc4cnco4)nc31)C(O)[C@@H]2O. The molecule has 1 amide bonds. The van der Waals surface area contributed by atoms with Crippen molar-refractivity contribution in [3.63, 3.8) is 0 Å². The molecule has 2 saturated carbocycles. The molecule has 11 nitrogen and oxygen atoms in total. The van der Waals surface area contributed by atoms with Crippen molar-refractivity contribution in [2.45, 2.75) is 24.7 Å². The number of aliphatic hydroxyl groups is 2. The molecule has 0 radical (unpaired) electrons. The fourth-order valence-corrected chi connectivity index (χ4v) is 4.55. The Morgan fingerprint density at radius 1 is 1.33 bits per heavy atom. The first-order chi connectivity index (χ1) is 14.5. The quantitative estimate of drug-likeness (QED) is 0.411. The minimum Gasteiger partial charge on any atom is -0.435 e. The van der Waals surface area contributed by atoms with Crippen molar-refractivity contribution < 1.29 is 19.4 Å². The molecule has 3 aromatic rings. The summed E-state index contributed by atoms with van der Waals surface area (Å²) in [5, 5.41) is 26.9. The van der Waals surface area contributed by atoms with Crippen LogP contribution in [0.5, 0.6) is 0 Å². The second kappa shape index (κ2) is 6.51. The number of anilines is 1. The summed E-state index contributed by atoms with van der Waals surface area (Å²) in [5.74, 6) is 6.21. The molecule has 2 aliphatic carbocycles. The Morgan fingerprint density at radius 2 is 2.17 bits per heavy atom. The highest BCUT2D eigenvalue weighted by atomic mass is 16.3. The maximum absolute atomic E-state index is 12.4. The number of oxazole rings is 1. The summed E-state index contributed by atoms with van der Waals surface area (Å²) < 4.78 is 6.81. The van der Waals surface area contributed by atoms with Gasteiger partial charge in [-0.15, -0.1) is 0 Å². The fraction of sp³-hybridized carbons (Fsp3) is 0.421. The number of rotatable bonds is 3. The van der Waals surface area contributed by atoms with Crippen LogP contribution in [0.15, 0.2) is 23.3 Å². The minimum atomic E-state index is -1.17. The molecular formula is C19H19N7O4. The Hall–Kier alpha value is -3.49. The predicted molar refractivity (Wildman–Crippen MR) is 103 cm³/mol. The molecule has 4 N–H and O–H groups in total. The van der Waals surface area contributed by atoms with Gasteiger partial charge in [0, 0.05) is 20.0 Å². The third-order valence-electron chi connectivity index (χ3n) is 6.03. The smallest absolute Gasteiger partial charge is 0.229 e. The van der Waals surface area contributed by atoms with Crippen LogP contribution in [0, 0.1) is 23.2 Å². The third kappa shape index (κ3) is 2.44. The monoisotopic (exact) mass is 409 g/mol. The van der Waals surface area contributed by atoms with E-state index in [0.717, 1.165) is 0 Å². The molecule has 154 valence electrons. The largest absolute Gasteiger partial charge is 0.435 e. The highest BCUT2D eigenvalue weighted by Crippen LogP contribution is 2.67. The van der Waals surface area contributed by atoms with Gasteiger partial charge in [0.15, 0.2) is 29.1 Å². The molecule has 0 saturated heterocycles. The Labute approximate surface area is 170 Å². The first-order valence-electron chi connectivity index (χ1n) is 9.42. The van der Waals surface area contributed by atoms with Crippen LogP contribution in [-0.4, -0.2) is 66.9 Å². The average molecular weight is 409 g/mol. The maximum atomic E-state index is 12.4. The Kier molecular flexibility index (Phi) is 4.02. The minimum absolute atomic E-state index is 0.225. The topological polar surface area (TPSA) is 151 Å². The van der Waals surface area contributed by atoms with E-state index in [2.05, 4.69) is 42.4 Å². The van der Waals surface area contributed by atoms with Crippen molar-refractivity contribution in [1.82, 2.24) is 29.8 Å². The van der Waals surface area contributed by atoms with Crippen LogP contribution < -0.4 is 10.6 Å². The van der Waals surface area contributed by atoms with Gasteiger partial charge < -0.3 is 29.8 Å². The molecule has 0 bridgehead atoms. The Balaban J connectivity index is 1.59. The number of imidazole rings is 1. The number of carbonyl (C=O) groups excluding carboxylic acids is 1. The molecule has 11 heteroatoms. The molecule has 5 atom stereocenters. The van der Waals surface area contributed by atoms with E-state index in [1.54, 1.807) is 17.9 Å². The first kappa shape index (κ1) is 18.5. The number of aliphatic hydroxyl groups excluding tert-OH is 2. The lowest BCUT2D eigenvalue weighted by molar-refractivity contribution is -0.132. The molecule has 0 spiro atoms. The van der Waals surface area contributed by atoms with E-state index < -0.39 is 23.7 Å². The summed E-state index contributed by atoms with van der Waals surface area (Å²) in [4.78, 5) is 29.5. The van der Waals surface area contributed by atoms with E-state index in [0.29, 0.717) is 29.2 Å². The van der Waals surface area contributed by atoms with Crippen LogP contribution in [0.3, 0.4) is 0 Å². The van der Waals surface area contributed by atoms with Crippen molar-refractivity contribution >= 4 is 22.9 Å². The van der Waals surface area contributed by atoms with E-state index in [-0.39, 0.29) is 17.6 Å². The Morgan fingerprint density at radius 3 is 2.87 bits per heavy atom. The van der Waals surface area contributed by atoms with Gasteiger partial charge in [-0.05, 0) is 18.3 Å². The maximum Gasteiger partial charge on any atom is 0.229 e. The lowest BCUT2D eigenvalue weighted by Gasteiger charge is -2.23. The van der Waals surface area contributed by atoms with Crippen molar-refractivity contribution in [2.75, 3.05) is 19.4 Å². The summed E-state index contributed by atoms with van der Waals surface area (Å²) >= 11 is 0. The van der Waals surface area contributed by atoms with Crippen molar-refractivity contribution in [3.05, 3.63) is 30.5 Å². The number of hydrogen-bond donors (Lipinski definition) is 4. The standard InChI is InChI=1S/C19H19N7O4/c1-20-16-12-17(25-11(24-16)4-3-9-6-22-8-30-9)26(7-23-12)13-10-5-19(10,18(29)21-2)15(28)14(13)27/h6-8,10,13-15,27-28H,5H2,1-2H3,(H,21,29)(H,20,24,25)/t10?,13-,14?,15+,19-/m1/s1. The van der Waals surface area contributed by atoms with Crippen LogP contribution >= 0.6 is 0 Å². The normalized spacial score (nSPS) is 29.2. The number of amides is 1. The molecular weight excluding hydrogens is 390 g/mol. The van der Waals surface area contributed by atoms with E-state index in [4.69, 9.17) is 4.42 Å². The van der Waals surface area contributed by atoms with Gasteiger partial charge in [-0.1, -0.05) is 0 Å². The second-order valence-corrected chi connectivity index (χ2v) is 7.44. The zero-order chi connectivity index (χ0) is 21.0. The molecule has 5 rings (SSSR count). The number of nitrogens with zero attached hydrogens (tertiary/aromatic N) is 5. The van der Waals surface area contributed by atoms with Crippen molar-refractivity contribution in [1.29, 1.82) is 0 Å². The molecule has 0 aromatic carbocycles. The van der Waals surface area contributed by atoms with Gasteiger partial charge in [0.1, 0.15) is 6.10 Å². The first-order valence-corrected chi connectivity index (χ1v) is 9.42. The van der Waals surface area contributed by atoms with Gasteiger partial charge in [0.05, 0.1) is 30.1 Å². The van der Waals surface area contributed by atoms with Crippen molar-refractivity contribution in [3.8, 4) is 11.8 Å². The number of carbonyl (C=O) groups is 1. The molecule has 30 heavy (non-hydrogen) atoms. The zero-order valence-electron chi connectivity index (χ0n) is 16.2. The average Bonchev–Trinajstić information content (AvgIpc) is 3.06. The Bertz CT molecular complexity index is 1190. The molecule has 3 heterocycles. The number of aromatic nitrogens is 5. The van der Waals surface area contributed by atoms with Crippen molar-refractivity contribution in [2.24, 2.45) is 11.3 Å². The summed E-state index contributed by atoms with van der Waals surface area (Å²) in [7, 11) is 3.23. The van der Waals surface area contributed by atoms with Crippen LogP contribution in [0.4, 0.5) is 5.82 Å². The summed E-state index contributed by atoms with van der Waals surface area (Å²) in [6.45, 7) is 0. The van der Waals surface area contributed by atoms with Crippen LogP contribution in [-0.2, 0) is 4.79 Å². The number of hydrogen-bond acceptors (Lipinski definition) is 9. The summed E-state index contributed by atoms with van der Waals surface area (Å²) in [6.07, 6.45) is 2.50. The fourth-order valence-electron chi connectivity index (χ4n) is 4.55. The number of fused-ring (bicyclic) bond motifs is 2. The zero-order valence-corrected chi connectivity index (χ0v) is 16.2. The van der Waals surface area contributed by atoms with E-state index in [1.807, 2.05) is 0 Å². The van der Waals surface area contributed by atoms with Crippen LogP contribution in [0.1, 0.15) is 24.0 Å². The molecule has 2 aliphatic rings. The highest BCUT2D eigenvalue weighted by Gasteiger charge is 2.75. The van der Waals surface area contributed by atoms with Crippen LogP contribution in [0.25, 0.3) is 11.2 Å². The molecule has 0 aliphatic heterocycles. The van der Waals surface area contributed by atoms with E-state index in [9.17, 15) is 15.0 Å². The second-order valence-electron chi connectivity index (χ2n) is 7.44. The molecule has 3 aromatic heterocycles. The summed E-state index contributed by atoms with van der Waals surface area (Å²) in [5.41, 5.74) is -0.0296. The van der Waals surface area contributed by atoms with Crippen LogP contribution in [0.2, 0.25) is 0 Å². The van der Waals surface area contributed by atoms with Gasteiger partial charge in [0.25, 0.3) is 0 Å². The third-order valence-corrected chi connectivity index (χ3v) is 6.03. The van der Waals surface area contributed by atoms with Gasteiger partial charge in [-0.2, -0.15) is 0 Å².